The zero-order chi connectivity index (χ0) is 10.4. The van der Waals surface area contributed by atoms with Crippen LogP contribution in [0.1, 0.15) is 15.9 Å². The number of hydrogen-bond acceptors (Lipinski definition) is 2. The Balaban J connectivity index is 2.53. The van der Waals surface area contributed by atoms with E-state index in [9.17, 15) is 4.79 Å². The van der Waals surface area contributed by atoms with Gasteiger partial charge in [0.1, 0.15) is 6.61 Å². The van der Waals surface area contributed by atoms with Gasteiger partial charge in [-0.2, -0.15) is 0 Å². The summed E-state index contributed by atoms with van der Waals surface area (Å²) in [5.41, 5.74) is 3.89. The van der Waals surface area contributed by atoms with Crippen LogP contribution in [0, 0.1) is 19.3 Å². The van der Waals surface area contributed by atoms with E-state index in [1.807, 2.05) is 19.1 Å². The minimum Gasteiger partial charge on any atom is -0.267 e. The largest absolute Gasteiger partial charge is 0.274 e. The highest BCUT2D eigenvalue weighted by molar-refractivity contribution is 5.93. The van der Waals surface area contributed by atoms with E-state index in [4.69, 9.17) is 11.3 Å². The molecule has 1 aromatic rings. The topological polar surface area (TPSA) is 38.3 Å². The number of aryl methyl sites for hydroxylation is 1. The number of amides is 1. The molecular formula is C11H11NO2. The molecule has 0 atom stereocenters. The number of benzene rings is 1. The standard InChI is InChI=1S/C11H11NO2/c1-3-8-14-12-11(13)10-6-4-9(2)5-7-10/h1,4-7H,8H2,2H3,(H,12,13). The third-order valence-electron chi connectivity index (χ3n) is 1.63. The van der Waals surface area contributed by atoms with Crippen LogP contribution in [0.15, 0.2) is 24.3 Å². The van der Waals surface area contributed by atoms with Gasteiger partial charge in [-0.25, -0.2) is 5.48 Å². The summed E-state index contributed by atoms with van der Waals surface area (Å²) in [7, 11) is 0. The lowest BCUT2D eigenvalue weighted by molar-refractivity contribution is 0.0438. The van der Waals surface area contributed by atoms with Crippen molar-refractivity contribution in [2.24, 2.45) is 0 Å². The van der Waals surface area contributed by atoms with E-state index < -0.39 is 0 Å². The predicted molar refractivity (Wildman–Crippen MR) is 53.4 cm³/mol. The van der Waals surface area contributed by atoms with E-state index in [1.54, 1.807) is 12.1 Å². The molecule has 0 aliphatic carbocycles. The maximum atomic E-state index is 11.3. The molecule has 0 saturated carbocycles. The number of terminal acetylenes is 1. The van der Waals surface area contributed by atoms with Gasteiger partial charge in [0.2, 0.25) is 0 Å². The summed E-state index contributed by atoms with van der Waals surface area (Å²) >= 11 is 0. The SMILES string of the molecule is C#CCONC(=O)c1ccc(C)cc1. The zero-order valence-electron chi connectivity index (χ0n) is 7.91. The first-order chi connectivity index (χ1) is 6.74. The first-order valence-corrected chi connectivity index (χ1v) is 4.16. The molecule has 3 nitrogen and oxygen atoms in total. The lowest BCUT2D eigenvalue weighted by atomic mass is 10.1. The van der Waals surface area contributed by atoms with Crippen LogP contribution in [0.25, 0.3) is 0 Å². The van der Waals surface area contributed by atoms with Crippen LogP contribution in [0.3, 0.4) is 0 Å². The van der Waals surface area contributed by atoms with Crippen LogP contribution in [0.5, 0.6) is 0 Å². The minimum absolute atomic E-state index is 0.0671. The second kappa shape index (κ2) is 5.05. The molecule has 0 unspecified atom stereocenters. The van der Waals surface area contributed by atoms with Crippen LogP contribution in [0.4, 0.5) is 0 Å². The van der Waals surface area contributed by atoms with Crippen molar-refractivity contribution in [3.8, 4) is 12.3 Å². The third kappa shape index (κ3) is 2.92. The maximum absolute atomic E-state index is 11.3. The Morgan fingerprint density at radius 3 is 2.71 bits per heavy atom. The average molecular weight is 189 g/mol. The molecule has 0 fully saturated rings. The molecule has 72 valence electrons. The van der Waals surface area contributed by atoms with Crippen molar-refractivity contribution in [1.29, 1.82) is 0 Å². The van der Waals surface area contributed by atoms with Gasteiger partial charge < -0.3 is 0 Å². The first kappa shape index (κ1) is 10.3. The van der Waals surface area contributed by atoms with Crippen LogP contribution < -0.4 is 5.48 Å². The number of carbonyl (C=O) groups excluding carboxylic acids is 1. The van der Waals surface area contributed by atoms with Gasteiger partial charge in [0, 0.05) is 5.56 Å². The van der Waals surface area contributed by atoms with E-state index in [2.05, 4.69) is 11.4 Å². The molecule has 1 amide bonds. The van der Waals surface area contributed by atoms with Gasteiger partial charge in [0.05, 0.1) is 0 Å². The lowest BCUT2D eigenvalue weighted by Crippen LogP contribution is -2.23. The predicted octanol–water partition coefficient (Wildman–Crippen LogP) is 1.29. The van der Waals surface area contributed by atoms with Crippen molar-refractivity contribution >= 4 is 5.91 Å². The molecule has 0 bridgehead atoms. The Labute approximate surface area is 83.0 Å². The first-order valence-electron chi connectivity index (χ1n) is 4.16. The molecule has 0 heterocycles. The van der Waals surface area contributed by atoms with Crippen molar-refractivity contribution in [3.63, 3.8) is 0 Å². The highest BCUT2D eigenvalue weighted by Crippen LogP contribution is 2.02. The quantitative estimate of drug-likeness (QED) is 0.442. The van der Waals surface area contributed by atoms with E-state index in [0.29, 0.717) is 5.56 Å². The molecule has 0 aromatic heterocycles. The van der Waals surface area contributed by atoms with E-state index in [0.717, 1.165) is 5.56 Å². The van der Waals surface area contributed by atoms with Crippen LogP contribution >= 0.6 is 0 Å². The fourth-order valence-corrected chi connectivity index (χ4v) is 0.907. The summed E-state index contributed by atoms with van der Waals surface area (Å²) in [5, 5.41) is 0. The highest BCUT2D eigenvalue weighted by Gasteiger charge is 2.03. The van der Waals surface area contributed by atoms with E-state index in [-0.39, 0.29) is 12.5 Å². The van der Waals surface area contributed by atoms with Crippen LogP contribution in [-0.4, -0.2) is 12.5 Å². The summed E-state index contributed by atoms with van der Waals surface area (Å²) in [4.78, 5) is 16.0. The minimum atomic E-state index is -0.291. The highest BCUT2D eigenvalue weighted by atomic mass is 16.6. The molecule has 1 N–H and O–H groups in total. The van der Waals surface area contributed by atoms with Gasteiger partial charge >= 0.3 is 0 Å². The van der Waals surface area contributed by atoms with Gasteiger partial charge in [0.25, 0.3) is 5.91 Å². The van der Waals surface area contributed by atoms with Crippen molar-refractivity contribution in [2.45, 2.75) is 6.92 Å². The van der Waals surface area contributed by atoms with E-state index in [1.165, 1.54) is 0 Å². The Hall–Kier alpha value is -1.79. The second-order valence-corrected chi connectivity index (χ2v) is 2.79. The van der Waals surface area contributed by atoms with Gasteiger partial charge in [0.15, 0.2) is 0 Å². The van der Waals surface area contributed by atoms with Gasteiger partial charge in [-0.05, 0) is 19.1 Å². The molecule has 0 aliphatic rings. The average Bonchev–Trinajstić information content (AvgIpc) is 2.19. The number of rotatable bonds is 3. The summed E-state index contributed by atoms with van der Waals surface area (Å²) in [5.74, 6) is 1.96. The zero-order valence-corrected chi connectivity index (χ0v) is 7.91. The van der Waals surface area contributed by atoms with E-state index >= 15 is 0 Å². The van der Waals surface area contributed by atoms with Crippen molar-refractivity contribution in [3.05, 3.63) is 35.4 Å². The van der Waals surface area contributed by atoms with Crippen molar-refractivity contribution < 1.29 is 9.63 Å². The number of carbonyl (C=O) groups is 1. The van der Waals surface area contributed by atoms with Gasteiger partial charge in [-0.15, -0.1) is 6.42 Å². The summed E-state index contributed by atoms with van der Waals surface area (Å²) in [6, 6.07) is 7.17. The van der Waals surface area contributed by atoms with Crippen molar-refractivity contribution in [2.75, 3.05) is 6.61 Å². The molecule has 0 spiro atoms. The number of hydrogen-bond donors (Lipinski definition) is 1. The van der Waals surface area contributed by atoms with Crippen LogP contribution in [0.2, 0.25) is 0 Å². The number of hydroxylamine groups is 1. The molecule has 0 saturated heterocycles. The fraction of sp³-hybridized carbons (Fsp3) is 0.182. The van der Waals surface area contributed by atoms with Gasteiger partial charge in [-0.1, -0.05) is 23.6 Å². The Morgan fingerprint density at radius 1 is 1.50 bits per heavy atom. The Kier molecular flexibility index (Phi) is 3.71. The summed E-state index contributed by atoms with van der Waals surface area (Å²) in [6.07, 6.45) is 4.95. The number of nitrogens with one attached hydrogen (secondary N) is 1. The lowest BCUT2D eigenvalue weighted by Gasteiger charge is -2.02. The van der Waals surface area contributed by atoms with Crippen molar-refractivity contribution in [1.82, 2.24) is 5.48 Å². The van der Waals surface area contributed by atoms with Gasteiger partial charge in [-0.3, -0.25) is 9.63 Å². The molecular weight excluding hydrogens is 178 g/mol. The Morgan fingerprint density at radius 2 is 2.14 bits per heavy atom. The molecule has 0 radical (unpaired) electrons. The summed E-state index contributed by atoms with van der Waals surface area (Å²) < 4.78 is 0. The Bertz CT molecular complexity index is 349. The second-order valence-electron chi connectivity index (χ2n) is 2.79. The fourth-order valence-electron chi connectivity index (χ4n) is 0.907. The molecule has 1 rings (SSSR count). The molecule has 3 heteroatoms. The molecule has 14 heavy (non-hydrogen) atoms. The maximum Gasteiger partial charge on any atom is 0.274 e. The summed E-state index contributed by atoms with van der Waals surface area (Å²) in [6.45, 7) is 2.02. The normalized spacial score (nSPS) is 9.14. The van der Waals surface area contributed by atoms with Crippen LogP contribution in [-0.2, 0) is 4.84 Å². The monoisotopic (exact) mass is 189 g/mol. The molecule has 0 aliphatic heterocycles. The third-order valence-corrected chi connectivity index (χ3v) is 1.63. The smallest absolute Gasteiger partial charge is 0.267 e. The molecule has 1 aromatic carbocycles.